The molecule has 0 bridgehead atoms. The smallest absolute Gasteiger partial charge is 0.212 e. The molecule has 1 saturated carbocycles. The first kappa shape index (κ1) is 15.6. The largest absolute Gasteiger partial charge is 0.312 e. The summed E-state index contributed by atoms with van der Waals surface area (Å²) in [4.78, 5) is 14.7. The van der Waals surface area contributed by atoms with Crippen LogP contribution in [0, 0.1) is 6.92 Å². The summed E-state index contributed by atoms with van der Waals surface area (Å²) in [6.45, 7) is 2.04. The van der Waals surface area contributed by atoms with Crippen molar-refractivity contribution in [2.24, 2.45) is 0 Å². The Labute approximate surface area is 140 Å². The molecule has 0 aliphatic heterocycles. The molecule has 2 aromatic heterocycles. The summed E-state index contributed by atoms with van der Waals surface area (Å²) < 4.78 is 1.88. The number of imidazole rings is 1. The molecule has 1 aromatic carbocycles. The minimum atomic E-state index is 0.528. The van der Waals surface area contributed by atoms with Crippen LogP contribution in [-0.2, 0) is 4.79 Å². The molecule has 0 saturated heterocycles. The highest BCUT2D eigenvalue weighted by Crippen LogP contribution is 2.27. The van der Waals surface area contributed by atoms with Gasteiger partial charge in [-0.3, -0.25) is 4.79 Å². The fourth-order valence-corrected chi connectivity index (χ4v) is 2.36. The van der Waals surface area contributed by atoms with Gasteiger partial charge in [0.2, 0.25) is 6.41 Å². The number of benzene rings is 1. The second kappa shape index (κ2) is 6.84. The molecule has 1 aliphatic carbocycles. The molecule has 1 amide bonds. The number of aryl methyl sites for hydroxylation is 1. The molecule has 23 heavy (non-hydrogen) atoms. The van der Waals surface area contributed by atoms with Gasteiger partial charge in [0.1, 0.15) is 5.65 Å². The van der Waals surface area contributed by atoms with E-state index in [1.165, 1.54) is 19.3 Å². The molecule has 5 heteroatoms. The van der Waals surface area contributed by atoms with E-state index in [9.17, 15) is 4.79 Å². The van der Waals surface area contributed by atoms with E-state index in [-0.39, 0.29) is 0 Å². The molecule has 1 N–H and O–H groups in total. The molecule has 118 valence electrons. The molecule has 0 unspecified atom stereocenters. The Morgan fingerprint density at radius 2 is 1.96 bits per heavy atom. The molecule has 0 radical (unpaired) electrons. The zero-order valence-electron chi connectivity index (χ0n) is 12.9. The maximum absolute atomic E-state index is 10.4. The summed E-state index contributed by atoms with van der Waals surface area (Å²) in [5, 5.41) is 3.25. The molecular weight excluding hydrogens is 310 g/mol. The number of aromatic nitrogens is 2. The zero-order valence-corrected chi connectivity index (χ0v) is 13.7. The van der Waals surface area contributed by atoms with Gasteiger partial charge in [-0.2, -0.15) is 0 Å². The zero-order chi connectivity index (χ0) is 16.2. The first-order chi connectivity index (χ1) is 11.2. The van der Waals surface area contributed by atoms with E-state index in [0.717, 1.165) is 22.3 Å². The third-order valence-electron chi connectivity index (χ3n) is 3.52. The van der Waals surface area contributed by atoms with Gasteiger partial charge in [0.15, 0.2) is 5.82 Å². The number of halogens is 1. The molecule has 0 spiro atoms. The summed E-state index contributed by atoms with van der Waals surface area (Å²) >= 11 is 6.06. The van der Waals surface area contributed by atoms with E-state index in [1.54, 1.807) is 6.20 Å². The summed E-state index contributed by atoms with van der Waals surface area (Å²) in [6.07, 6.45) is 8.86. The van der Waals surface area contributed by atoms with Crippen LogP contribution in [0.15, 0.2) is 42.7 Å². The minimum absolute atomic E-state index is 0.528. The highest BCUT2D eigenvalue weighted by molar-refractivity contribution is 6.30. The highest BCUT2D eigenvalue weighted by atomic mass is 35.5. The van der Waals surface area contributed by atoms with Crippen LogP contribution >= 0.6 is 11.6 Å². The number of rotatable bonds is 3. The van der Waals surface area contributed by atoms with Gasteiger partial charge in [-0.05, 0) is 47.9 Å². The number of hydrogen-bond acceptors (Lipinski definition) is 2. The number of carbonyl (C=O) groups excluding carboxylic acids is 1. The Morgan fingerprint density at radius 3 is 2.65 bits per heavy atom. The van der Waals surface area contributed by atoms with Crippen LogP contribution in [0.5, 0.6) is 0 Å². The van der Waals surface area contributed by atoms with E-state index in [1.807, 2.05) is 47.9 Å². The van der Waals surface area contributed by atoms with E-state index >= 15 is 0 Å². The summed E-state index contributed by atoms with van der Waals surface area (Å²) in [5.74, 6) is 0.528. The van der Waals surface area contributed by atoms with Gasteiger partial charge in [-0.1, -0.05) is 36.9 Å². The lowest BCUT2D eigenvalue weighted by atomic mass is 10.0. The van der Waals surface area contributed by atoms with Crippen molar-refractivity contribution in [3.8, 4) is 11.1 Å². The highest BCUT2D eigenvalue weighted by Gasteiger charge is 2.06. The van der Waals surface area contributed by atoms with E-state index < -0.39 is 0 Å². The molecule has 3 aromatic rings. The number of amides is 1. The number of carbonyl (C=O) groups is 1. The van der Waals surface area contributed by atoms with E-state index in [4.69, 9.17) is 11.6 Å². The Hall–Kier alpha value is -2.33. The lowest BCUT2D eigenvalue weighted by Gasteiger charge is -2.07. The van der Waals surface area contributed by atoms with Gasteiger partial charge in [-0.25, -0.2) is 4.98 Å². The molecule has 0 atom stereocenters. The van der Waals surface area contributed by atoms with Crippen molar-refractivity contribution in [1.82, 2.24) is 9.38 Å². The van der Waals surface area contributed by atoms with Crippen molar-refractivity contribution >= 4 is 29.5 Å². The van der Waals surface area contributed by atoms with Crippen molar-refractivity contribution in [3.63, 3.8) is 0 Å². The second-order valence-electron chi connectivity index (χ2n) is 5.59. The number of fused-ring (bicyclic) bond motifs is 1. The second-order valence-corrected chi connectivity index (χ2v) is 6.03. The third kappa shape index (κ3) is 3.90. The SMILES string of the molecule is C1CC1.Cc1ccc(Cl)cc1-c1ccc2nc(NC=O)cn2c1. The fourth-order valence-electron chi connectivity index (χ4n) is 2.19. The first-order valence-corrected chi connectivity index (χ1v) is 8.00. The maximum Gasteiger partial charge on any atom is 0.212 e. The number of nitrogens with one attached hydrogen (secondary N) is 1. The van der Waals surface area contributed by atoms with Crippen molar-refractivity contribution in [2.75, 3.05) is 5.32 Å². The molecule has 4 nitrogen and oxygen atoms in total. The van der Waals surface area contributed by atoms with E-state index in [0.29, 0.717) is 17.3 Å². The lowest BCUT2D eigenvalue weighted by Crippen LogP contribution is -1.92. The topological polar surface area (TPSA) is 46.4 Å². The summed E-state index contributed by atoms with van der Waals surface area (Å²) in [5.41, 5.74) is 4.06. The van der Waals surface area contributed by atoms with Crippen LogP contribution in [0.25, 0.3) is 16.8 Å². The average molecular weight is 328 g/mol. The van der Waals surface area contributed by atoms with Crippen LogP contribution in [0.1, 0.15) is 24.8 Å². The average Bonchev–Trinajstić information content (AvgIpc) is 3.36. The van der Waals surface area contributed by atoms with Gasteiger partial charge < -0.3 is 9.72 Å². The predicted molar refractivity (Wildman–Crippen MR) is 93.9 cm³/mol. The van der Waals surface area contributed by atoms with Gasteiger partial charge in [0.05, 0.1) is 6.20 Å². The Balaban J connectivity index is 0.000000468. The Morgan fingerprint density at radius 1 is 1.17 bits per heavy atom. The fraction of sp³-hybridized carbons (Fsp3) is 0.222. The first-order valence-electron chi connectivity index (χ1n) is 7.63. The monoisotopic (exact) mass is 327 g/mol. The third-order valence-corrected chi connectivity index (χ3v) is 3.76. The summed E-state index contributed by atoms with van der Waals surface area (Å²) in [7, 11) is 0. The van der Waals surface area contributed by atoms with Crippen LogP contribution < -0.4 is 5.32 Å². The van der Waals surface area contributed by atoms with Crippen molar-refractivity contribution in [3.05, 3.63) is 53.3 Å². The van der Waals surface area contributed by atoms with Crippen LogP contribution in [0.3, 0.4) is 0 Å². The Kier molecular flexibility index (Phi) is 4.63. The Bertz CT molecular complexity index is 837. The molecule has 2 heterocycles. The van der Waals surface area contributed by atoms with Crippen molar-refractivity contribution < 1.29 is 4.79 Å². The van der Waals surface area contributed by atoms with Gasteiger partial charge >= 0.3 is 0 Å². The molecule has 1 aliphatic rings. The molecule has 4 rings (SSSR count). The van der Waals surface area contributed by atoms with Gasteiger partial charge in [0.25, 0.3) is 0 Å². The van der Waals surface area contributed by atoms with Crippen molar-refractivity contribution in [2.45, 2.75) is 26.2 Å². The lowest BCUT2D eigenvalue weighted by molar-refractivity contribution is -0.105. The molecule has 1 fully saturated rings. The predicted octanol–water partition coefficient (Wildman–Crippen LogP) is 4.70. The van der Waals surface area contributed by atoms with Gasteiger partial charge in [-0.15, -0.1) is 0 Å². The quantitative estimate of drug-likeness (QED) is 0.709. The van der Waals surface area contributed by atoms with E-state index in [2.05, 4.69) is 10.3 Å². The summed E-state index contributed by atoms with van der Waals surface area (Å²) in [6, 6.07) is 9.72. The maximum atomic E-state index is 10.4. The number of hydrogen-bond donors (Lipinski definition) is 1. The number of anilines is 1. The van der Waals surface area contributed by atoms with Gasteiger partial charge in [0, 0.05) is 11.2 Å². The van der Waals surface area contributed by atoms with Crippen LogP contribution in [0.2, 0.25) is 5.02 Å². The van der Waals surface area contributed by atoms with Crippen molar-refractivity contribution in [1.29, 1.82) is 0 Å². The van der Waals surface area contributed by atoms with Crippen LogP contribution in [0.4, 0.5) is 5.82 Å². The normalized spacial score (nSPS) is 12.4. The minimum Gasteiger partial charge on any atom is -0.312 e. The van der Waals surface area contributed by atoms with Crippen LogP contribution in [-0.4, -0.2) is 15.8 Å². The molecular formula is C18H18ClN3O. The number of nitrogens with zero attached hydrogens (tertiary/aromatic N) is 2. The number of pyridine rings is 1. The standard InChI is InChI=1S/C15H12ClN3O.C3H6/c1-10-2-4-12(16)6-13(10)11-3-5-15-18-14(17-9-20)8-19(15)7-11;1-2-3-1/h2-9H,1H3,(H,17,20);1-3H2.